The van der Waals surface area contributed by atoms with Gasteiger partial charge in [0.25, 0.3) is 0 Å². The Bertz CT molecular complexity index is 437. The van der Waals surface area contributed by atoms with Crippen LogP contribution in [0.25, 0.3) is 11.4 Å². The zero-order chi connectivity index (χ0) is 9.97. The van der Waals surface area contributed by atoms with Crippen LogP contribution in [0.1, 0.15) is 5.69 Å². The van der Waals surface area contributed by atoms with Crippen molar-refractivity contribution in [3.8, 4) is 11.4 Å². The zero-order valence-electron chi connectivity index (χ0n) is 7.74. The van der Waals surface area contributed by atoms with Gasteiger partial charge >= 0.3 is 0 Å². The molecule has 0 radical (unpaired) electrons. The Hall–Kier alpha value is -1.22. The number of halogens is 1. The minimum atomic E-state index is 0.900. The lowest BCUT2D eigenvalue weighted by Gasteiger charge is -2.00. The van der Waals surface area contributed by atoms with Gasteiger partial charge in [0.1, 0.15) is 0 Å². The molecule has 14 heavy (non-hydrogen) atoms. The lowest BCUT2D eigenvalue weighted by Crippen LogP contribution is -1.88. The molecule has 0 aliphatic rings. The molecule has 0 spiro atoms. The van der Waals surface area contributed by atoms with E-state index in [1.54, 1.807) is 6.20 Å². The first kappa shape index (κ1) is 9.34. The van der Waals surface area contributed by atoms with E-state index in [-0.39, 0.29) is 0 Å². The van der Waals surface area contributed by atoms with Crippen molar-refractivity contribution in [1.29, 1.82) is 0 Å². The lowest BCUT2D eigenvalue weighted by atomic mass is 10.2. The number of aryl methyl sites for hydroxylation is 1. The summed E-state index contributed by atoms with van der Waals surface area (Å²) in [6.07, 6.45) is 1.78. The van der Waals surface area contributed by atoms with E-state index in [0.717, 1.165) is 21.6 Å². The van der Waals surface area contributed by atoms with Gasteiger partial charge in [0.2, 0.25) is 0 Å². The highest BCUT2D eigenvalue weighted by molar-refractivity contribution is 9.10. The zero-order valence-corrected chi connectivity index (χ0v) is 9.32. The SMILES string of the molecule is Cc1cccc(-c2ccc(Br)cn2)n1. The second kappa shape index (κ2) is 3.88. The van der Waals surface area contributed by atoms with Crippen LogP contribution in [0.4, 0.5) is 0 Å². The van der Waals surface area contributed by atoms with Crippen molar-refractivity contribution in [2.24, 2.45) is 0 Å². The first-order valence-corrected chi connectivity index (χ1v) is 5.10. The Morgan fingerprint density at radius 1 is 1.07 bits per heavy atom. The molecule has 0 fully saturated rings. The standard InChI is InChI=1S/C11H9BrN2/c1-8-3-2-4-11(14-8)10-6-5-9(12)7-13-10/h2-7H,1H3. The minimum absolute atomic E-state index is 0.900. The second-order valence-corrected chi connectivity index (χ2v) is 3.94. The average Bonchev–Trinajstić information content (AvgIpc) is 2.19. The van der Waals surface area contributed by atoms with Crippen LogP contribution in [0, 0.1) is 6.92 Å². The molecule has 2 aromatic rings. The highest BCUT2D eigenvalue weighted by atomic mass is 79.9. The Morgan fingerprint density at radius 2 is 1.93 bits per heavy atom. The van der Waals surface area contributed by atoms with Crippen molar-refractivity contribution in [2.75, 3.05) is 0 Å². The van der Waals surface area contributed by atoms with Crippen molar-refractivity contribution < 1.29 is 0 Å². The first-order chi connectivity index (χ1) is 6.75. The molecule has 2 rings (SSSR count). The Morgan fingerprint density at radius 3 is 2.57 bits per heavy atom. The van der Waals surface area contributed by atoms with Crippen LogP contribution < -0.4 is 0 Å². The molecule has 0 aromatic carbocycles. The molecule has 0 saturated heterocycles. The van der Waals surface area contributed by atoms with Gasteiger partial charge in [-0.3, -0.25) is 9.97 Å². The van der Waals surface area contributed by atoms with Gasteiger partial charge in [0.05, 0.1) is 11.4 Å². The molecular weight excluding hydrogens is 240 g/mol. The Kier molecular flexibility index (Phi) is 2.59. The maximum absolute atomic E-state index is 4.40. The number of nitrogens with zero attached hydrogens (tertiary/aromatic N) is 2. The largest absolute Gasteiger partial charge is 0.253 e. The summed E-state index contributed by atoms with van der Waals surface area (Å²) in [7, 11) is 0. The normalized spacial score (nSPS) is 10.1. The Labute approximate surface area is 91.2 Å². The highest BCUT2D eigenvalue weighted by Crippen LogP contribution is 2.16. The minimum Gasteiger partial charge on any atom is -0.253 e. The Balaban J connectivity index is 2.44. The van der Waals surface area contributed by atoms with Crippen molar-refractivity contribution >= 4 is 15.9 Å². The van der Waals surface area contributed by atoms with E-state index in [2.05, 4.69) is 25.9 Å². The number of aromatic nitrogens is 2. The summed E-state index contributed by atoms with van der Waals surface area (Å²) in [5, 5.41) is 0. The summed E-state index contributed by atoms with van der Waals surface area (Å²) in [5.74, 6) is 0. The van der Waals surface area contributed by atoms with Gasteiger partial charge in [-0.2, -0.15) is 0 Å². The van der Waals surface area contributed by atoms with E-state index >= 15 is 0 Å². The maximum atomic E-state index is 4.40. The van der Waals surface area contributed by atoms with Gasteiger partial charge in [-0.25, -0.2) is 0 Å². The molecule has 0 atom stereocenters. The molecule has 2 nitrogen and oxygen atoms in total. The van der Waals surface area contributed by atoms with Crippen LogP contribution in [-0.4, -0.2) is 9.97 Å². The fourth-order valence-corrected chi connectivity index (χ4v) is 1.45. The van der Waals surface area contributed by atoms with Gasteiger partial charge in [-0.1, -0.05) is 6.07 Å². The van der Waals surface area contributed by atoms with Gasteiger partial charge in [0.15, 0.2) is 0 Å². The summed E-state index contributed by atoms with van der Waals surface area (Å²) in [5.41, 5.74) is 2.82. The predicted molar refractivity (Wildman–Crippen MR) is 59.9 cm³/mol. The van der Waals surface area contributed by atoms with Crippen molar-refractivity contribution in [1.82, 2.24) is 9.97 Å². The molecule has 2 heterocycles. The van der Waals surface area contributed by atoms with Crippen molar-refractivity contribution in [3.63, 3.8) is 0 Å². The molecule has 0 amide bonds. The average molecular weight is 249 g/mol. The lowest BCUT2D eigenvalue weighted by molar-refractivity contribution is 1.17. The van der Waals surface area contributed by atoms with Gasteiger partial charge in [-0.05, 0) is 47.1 Å². The van der Waals surface area contributed by atoms with E-state index < -0.39 is 0 Å². The molecule has 0 unspecified atom stereocenters. The molecular formula is C11H9BrN2. The molecule has 70 valence electrons. The van der Waals surface area contributed by atoms with Crippen LogP contribution in [0.2, 0.25) is 0 Å². The molecule has 0 aliphatic heterocycles. The van der Waals surface area contributed by atoms with E-state index in [9.17, 15) is 0 Å². The van der Waals surface area contributed by atoms with Crippen LogP contribution in [-0.2, 0) is 0 Å². The molecule has 2 aromatic heterocycles. The fraction of sp³-hybridized carbons (Fsp3) is 0.0909. The summed E-state index contributed by atoms with van der Waals surface area (Å²) >= 11 is 3.35. The van der Waals surface area contributed by atoms with E-state index in [0.29, 0.717) is 0 Å². The smallest absolute Gasteiger partial charge is 0.0889 e. The third-order valence-corrected chi connectivity index (χ3v) is 2.35. The molecule has 0 bridgehead atoms. The summed E-state index contributed by atoms with van der Waals surface area (Å²) < 4.78 is 0.980. The predicted octanol–water partition coefficient (Wildman–Crippen LogP) is 3.21. The number of hydrogen-bond donors (Lipinski definition) is 0. The van der Waals surface area contributed by atoms with Crippen LogP contribution in [0.3, 0.4) is 0 Å². The van der Waals surface area contributed by atoms with Gasteiger partial charge in [-0.15, -0.1) is 0 Å². The molecule has 0 saturated carbocycles. The third kappa shape index (κ3) is 1.99. The van der Waals surface area contributed by atoms with Gasteiger partial charge in [0, 0.05) is 16.4 Å². The highest BCUT2D eigenvalue weighted by Gasteiger charge is 1.99. The third-order valence-electron chi connectivity index (χ3n) is 1.88. The summed E-state index contributed by atoms with van der Waals surface area (Å²) in [4.78, 5) is 8.68. The molecule has 0 N–H and O–H groups in total. The van der Waals surface area contributed by atoms with Crippen LogP contribution >= 0.6 is 15.9 Å². The molecule has 0 aliphatic carbocycles. The van der Waals surface area contributed by atoms with Gasteiger partial charge < -0.3 is 0 Å². The maximum Gasteiger partial charge on any atom is 0.0889 e. The van der Waals surface area contributed by atoms with Crippen LogP contribution in [0.15, 0.2) is 41.0 Å². The topological polar surface area (TPSA) is 25.8 Å². The molecule has 3 heteroatoms. The second-order valence-electron chi connectivity index (χ2n) is 3.03. The fourth-order valence-electron chi connectivity index (χ4n) is 1.21. The number of rotatable bonds is 1. The van der Waals surface area contributed by atoms with E-state index in [4.69, 9.17) is 0 Å². The van der Waals surface area contributed by atoms with Crippen molar-refractivity contribution in [3.05, 3.63) is 46.7 Å². The van der Waals surface area contributed by atoms with E-state index in [1.807, 2.05) is 37.3 Å². The quantitative estimate of drug-likeness (QED) is 0.775. The van der Waals surface area contributed by atoms with Crippen molar-refractivity contribution in [2.45, 2.75) is 6.92 Å². The number of hydrogen-bond acceptors (Lipinski definition) is 2. The summed E-state index contributed by atoms with van der Waals surface area (Å²) in [6, 6.07) is 9.84. The first-order valence-electron chi connectivity index (χ1n) is 4.31. The number of pyridine rings is 2. The monoisotopic (exact) mass is 248 g/mol. The summed E-state index contributed by atoms with van der Waals surface area (Å²) in [6.45, 7) is 1.97. The van der Waals surface area contributed by atoms with Crippen LogP contribution in [0.5, 0.6) is 0 Å². The van der Waals surface area contributed by atoms with E-state index in [1.165, 1.54) is 0 Å².